The summed E-state index contributed by atoms with van der Waals surface area (Å²) in [6, 6.07) is 5.12. The van der Waals surface area contributed by atoms with Gasteiger partial charge in [0.2, 0.25) is 6.61 Å². The van der Waals surface area contributed by atoms with Crippen LogP contribution in [-0.2, 0) is 7.05 Å². The number of rotatable bonds is 2. The third-order valence-corrected chi connectivity index (χ3v) is 2.94. The molecule has 0 spiro atoms. The highest BCUT2D eigenvalue weighted by Gasteiger charge is 2.09. The van der Waals surface area contributed by atoms with Crippen LogP contribution in [0.2, 0.25) is 0 Å². The van der Waals surface area contributed by atoms with E-state index in [4.69, 9.17) is 4.74 Å². The van der Waals surface area contributed by atoms with Gasteiger partial charge >= 0.3 is 5.69 Å². The Morgan fingerprint density at radius 1 is 1.30 bits per heavy atom. The average molecular weight is 271 g/mol. The zero-order valence-electron chi connectivity index (χ0n) is 10.7. The van der Waals surface area contributed by atoms with Crippen molar-refractivity contribution >= 4 is 22.2 Å². The van der Waals surface area contributed by atoms with Crippen molar-refractivity contribution in [2.45, 2.75) is 0 Å². The number of fused-ring (bicyclic) bond motifs is 2. The minimum atomic E-state index is -0.527. The van der Waals surface area contributed by atoms with E-state index in [1.54, 1.807) is 18.2 Å². The lowest BCUT2D eigenvalue weighted by Gasteiger charge is -2.04. The number of hydrogen-bond donors (Lipinski definition) is 1. The van der Waals surface area contributed by atoms with Crippen molar-refractivity contribution in [1.82, 2.24) is 19.5 Å². The Balaban J connectivity index is 2.37. The molecule has 7 heteroatoms. The Morgan fingerprint density at radius 3 is 2.85 bits per heavy atom. The minimum Gasteiger partial charge on any atom is -0.453 e. The third kappa shape index (κ3) is 1.80. The molecule has 20 heavy (non-hydrogen) atoms. The van der Waals surface area contributed by atoms with Gasteiger partial charge in [-0.3, -0.25) is 14.3 Å². The highest BCUT2D eigenvalue weighted by molar-refractivity contribution is 5.84. The molecule has 0 aliphatic rings. The average Bonchev–Trinajstić information content (AvgIpc) is 2.44. The van der Waals surface area contributed by atoms with Crippen LogP contribution in [0, 0.1) is 6.92 Å². The van der Waals surface area contributed by atoms with Gasteiger partial charge < -0.3 is 4.74 Å². The lowest BCUT2D eigenvalue weighted by Crippen LogP contribution is -2.33. The van der Waals surface area contributed by atoms with Crippen LogP contribution in [-0.4, -0.2) is 26.1 Å². The number of aromatic amines is 1. The predicted molar refractivity (Wildman–Crippen MR) is 73.8 cm³/mol. The largest absolute Gasteiger partial charge is 0.453 e. The Morgan fingerprint density at radius 2 is 2.10 bits per heavy atom. The molecular formula is C13H11N4O3+. The molecule has 2 aromatic heterocycles. The van der Waals surface area contributed by atoms with Crippen molar-refractivity contribution in [3.63, 3.8) is 0 Å². The van der Waals surface area contributed by atoms with Crippen LogP contribution in [0.4, 0.5) is 0 Å². The maximum atomic E-state index is 12.0. The summed E-state index contributed by atoms with van der Waals surface area (Å²) in [6.45, 7) is 3.89. The van der Waals surface area contributed by atoms with Crippen LogP contribution in [0.1, 0.15) is 0 Å². The van der Waals surface area contributed by atoms with Crippen molar-refractivity contribution in [1.29, 1.82) is 0 Å². The number of H-pyrrole nitrogens is 1. The number of aromatic nitrogens is 4. The standard InChI is InChI=1S/C13H10N4O3/c1-3-20-7-4-5-8-9(6-7)15-11-10(14-8)12(18)17(2)13(19)16-11/h4-6H,1,3H2,2H3/p+1. The predicted octanol–water partition coefficient (Wildman–Crippen LogP) is 0.383. The first kappa shape index (κ1) is 12.2. The molecule has 0 bridgehead atoms. The van der Waals surface area contributed by atoms with Crippen molar-refractivity contribution in [2.24, 2.45) is 7.05 Å². The molecule has 2 heterocycles. The molecular weight excluding hydrogens is 260 g/mol. The zero-order chi connectivity index (χ0) is 14.3. The normalized spacial score (nSPS) is 11.1. The van der Waals surface area contributed by atoms with Crippen molar-refractivity contribution in [2.75, 3.05) is 6.61 Å². The van der Waals surface area contributed by atoms with Crippen molar-refractivity contribution in [3.8, 4) is 5.75 Å². The molecule has 0 fully saturated rings. The van der Waals surface area contributed by atoms with Gasteiger partial charge in [-0.15, -0.1) is 0 Å². The van der Waals surface area contributed by atoms with Gasteiger partial charge in [0.25, 0.3) is 5.56 Å². The second kappa shape index (κ2) is 4.37. The van der Waals surface area contributed by atoms with Gasteiger partial charge in [-0.25, -0.2) is 14.8 Å². The molecule has 0 amide bonds. The Bertz CT molecular complexity index is 926. The van der Waals surface area contributed by atoms with Gasteiger partial charge in [0.1, 0.15) is 12.7 Å². The molecule has 7 nitrogen and oxygen atoms in total. The molecule has 1 aromatic carbocycles. The fourth-order valence-corrected chi connectivity index (χ4v) is 1.91. The smallest absolute Gasteiger partial charge is 0.329 e. The van der Waals surface area contributed by atoms with Gasteiger partial charge in [-0.1, -0.05) is 0 Å². The van der Waals surface area contributed by atoms with Gasteiger partial charge in [0, 0.05) is 13.1 Å². The van der Waals surface area contributed by atoms with E-state index in [1.165, 1.54) is 7.05 Å². The lowest BCUT2D eigenvalue weighted by atomic mass is 10.3. The molecule has 0 saturated heterocycles. The quantitative estimate of drug-likeness (QED) is 0.537. The van der Waals surface area contributed by atoms with E-state index < -0.39 is 11.2 Å². The van der Waals surface area contributed by atoms with E-state index in [0.717, 1.165) is 4.57 Å². The Hall–Kier alpha value is -2.83. The van der Waals surface area contributed by atoms with Gasteiger partial charge in [0.05, 0.1) is 11.0 Å². The van der Waals surface area contributed by atoms with Crippen LogP contribution in [0.25, 0.3) is 22.2 Å². The number of hydrogen-bond acceptors (Lipinski definition) is 5. The second-order valence-electron chi connectivity index (χ2n) is 4.21. The van der Waals surface area contributed by atoms with E-state index >= 15 is 0 Å². The van der Waals surface area contributed by atoms with Crippen LogP contribution in [0.3, 0.4) is 0 Å². The first-order chi connectivity index (χ1) is 9.60. The fraction of sp³-hybridized carbons (Fsp3) is 0.154. The minimum absolute atomic E-state index is 0.130. The molecule has 1 N–H and O–H groups in total. The van der Waals surface area contributed by atoms with Gasteiger partial charge in [-0.2, -0.15) is 0 Å². The van der Waals surface area contributed by atoms with E-state index in [1.807, 2.05) is 0 Å². The van der Waals surface area contributed by atoms with Crippen molar-refractivity contribution < 1.29 is 4.74 Å². The van der Waals surface area contributed by atoms with E-state index in [-0.39, 0.29) is 11.2 Å². The first-order valence-corrected chi connectivity index (χ1v) is 5.93. The molecule has 3 aromatic rings. The summed E-state index contributed by atoms with van der Waals surface area (Å²) < 4.78 is 6.24. The molecule has 0 unspecified atom stereocenters. The number of ether oxygens (including phenoxy) is 1. The van der Waals surface area contributed by atoms with Crippen LogP contribution >= 0.6 is 0 Å². The molecule has 0 aliphatic carbocycles. The summed E-state index contributed by atoms with van der Waals surface area (Å²) >= 11 is 0. The number of nitrogens with one attached hydrogen (secondary N) is 1. The summed E-state index contributed by atoms with van der Waals surface area (Å²) in [5.74, 6) is 0.604. The van der Waals surface area contributed by atoms with Crippen LogP contribution in [0.5, 0.6) is 5.75 Å². The maximum Gasteiger partial charge on any atom is 0.329 e. The highest BCUT2D eigenvalue weighted by Crippen LogP contribution is 2.18. The molecule has 0 atom stereocenters. The summed E-state index contributed by atoms with van der Waals surface area (Å²) in [6.07, 6.45) is 0. The zero-order valence-corrected chi connectivity index (χ0v) is 10.7. The topological polar surface area (TPSA) is 89.9 Å². The van der Waals surface area contributed by atoms with Crippen LogP contribution < -0.4 is 16.0 Å². The first-order valence-electron chi connectivity index (χ1n) is 5.93. The van der Waals surface area contributed by atoms with E-state index in [9.17, 15) is 9.59 Å². The molecule has 0 radical (unpaired) electrons. The van der Waals surface area contributed by atoms with Gasteiger partial charge in [0.15, 0.2) is 11.2 Å². The second-order valence-corrected chi connectivity index (χ2v) is 4.21. The molecule has 100 valence electrons. The number of benzene rings is 1. The summed E-state index contributed by atoms with van der Waals surface area (Å²) in [5.41, 5.74) is 0.380. The van der Waals surface area contributed by atoms with Crippen LogP contribution in [0.15, 0.2) is 27.8 Å². The van der Waals surface area contributed by atoms with Crippen molar-refractivity contribution in [3.05, 3.63) is 46.0 Å². The van der Waals surface area contributed by atoms with E-state index in [0.29, 0.717) is 23.4 Å². The van der Waals surface area contributed by atoms with E-state index in [2.05, 4.69) is 21.9 Å². The summed E-state index contributed by atoms with van der Waals surface area (Å²) in [7, 11) is 1.39. The SMILES string of the molecule is [CH2+]COc1ccc2nc3c(=O)n(C)c(=O)[nH]c3nc2c1. The maximum absolute atomic E-state index is 12.0. The Kier molecular flexibility index (Phi) is 2.67. The fourth-order valence-electron chi connectivity index (χ4n) is 1.91. The summed E-state index contributed by atoms with van der Waals surface area (Å²) in [5, 5.41) is 0. The highest BCUT2D eigenvalue weighted by atomic mass is 16.5. The lowest BCUT2D eigenvalue weighted by molar-refractivity contribution is 0.361. The Labute approximate surface area is 112 Å². The van der Waals surface area contributed by atoms with Gasteiger partial charge in [-0.05, 0) is 12.1 Å². The summed E-state index contributed by atoms with van der Waals surface area (Å²) in [4.78, 5) is 34.6. The number of nitrogens with zero attached hydrogens (tertiary/aromatic N) is 3. The monoisotopic (exact) mass is 271 g/mol. The molecule has 3 rings (SSSR count). The third-order valence-electron chi connectivity index (χ3n) is 2.94. The molecule has 0 aliphatic heterocycles. The molecule has 0 saturated carbocycles.